The van der Waals surface area contributed by atoms with E-state index in [1.165, 1.54) is 13.2 Å². The van der Waals surface area contributed by atoms with Crippen LogP contribution in [0.4, 0.5) is 19.0 Å². The van der Waals surface area contributed by atoms with Gasteiger partial charge in [0.1, 0.15) is 5.82 Å². The Balaban J connectivity index is 2.13. The number of nitrogens with zero attached hydrogens (tertiary/aromatic N) is 4. The third-order valence-corrected chi connectivity index (χ3v) is 3.10. The standard InChI is InChI=1S/C13H16F3N5O/c1-4-9-8(12(22-3)21(2)20-9)7-17-11-6-5-10(18-19-11)13(14,15)16/h5-6H,4,7H2,1-3H3,(H,17,19). The van der Waals surface area contributed by atoms with E-state index < -0.39 is 11.9 Å². The third kappa shape index (κ3) is 3.29. The second-order valence-corrected chi connectivity index (χ2v) is 4.57. The van der Waals surface area contributed by atoms with Gasteiger partial charge in [0.2, 0.25) is 5.88 Å². The van der Waals surface area contributed by atoms with Crippen LogP contribution < -0.4 is 10.1 Å². The molecule has 0 aliphatic carbocycles. The summed E-state index contributed by atoms with van der Waals surface area (Å²) in [5.74, 6) is 0.852. The summed E-state index contributed by atoms with van der Waals surface area (Å²) >= 11 is 0. The highest BCUT2D eigenvalue weighted by molar-refractivity contribution is 5.39. The molecule has 2 rings (SSSR count). The normalized spacial score (nSPS) is 11.5. The fraction of sp³-hybridized carbons (Fsp3) is 0.462. The first kappa shape index (κ1) is 16.1. The molecule has 0 aliphatic heterocycles. The van der Waals surface area contributed by atoms with Crippen molar-refractivity contribution >= 4 is 5.82 Å². The first-order valence-corrected chi connectivity index (χ1v) is 6.60. The Morgan fingerprint density at radius 3 is 2.50 bits per heavy atom. The summed E-state index contributed by atoms with van der Waals surface area (Å²) in [6.07, 6.45) is -3.78. The van der Waals surface area contributed by atoms with Crippen LogP contribution in [0.5, 0.6) is 5.88 Å². The smallest absolute Gasteiger partial charge is 0.435 e. The molecule has 0 atom stereocenters. The summed E-state index contributed by atoms with van der Waals surface area (Å²) in [7, 11) is 3.30. The summed E-state index contributed by atoms with van der Waals surface area (Å²) < 4.78 is 44.2. The minimum atomic E-state index is -4.49. The van der Waals surface area contributed by atoms with Gasteiger partial charge < -0.3 is 10.1 Å². The number of halogens is 3. The highest BCUT2D eigenvalue weighted by Gasteiger charge is 2.32. The van der Waals surface area contributed by atoms with Crippen molar-refractivity contribution in [2.45, 2.75) is 26.1 Å². The van der Waals surface area contributed by atoms with Gasteiger partial charge in [0, 0.05) is 13.6 Å². The first-order chi connectivity index (χ1) is 10.4. The minimum absolute atomic E-state index is 0.251. The van der Waals surface area contributed by atoms with E-state index in [-0.39, 0.29) is 5.82 Å². The van der Waals surface area contributed by atoms with Crippen molar-refractivity contribution in [2.75, 3.05) is 12.4 Å². The highest BCUT2D eigenvalue weighted by atomic mass is 19.4. The van der Waals surface area contributed by atoms with E-state index in [1.54, 1.807) is 11.7 Å². The monoisotopic (exact) mass is 315 g/mol. The number of hydrogen-bond donors (Lipinski definition) is 1. The van der Waals surface area contributed by atoms with E-state index >= 15 is 0 Å². The molecule has 9 heteroatoms. The Morgan fingerprint density at radius 2 is 2.00 bits per heavy atom. The van der Waals surface area contributed by atoms with Gasteiger partial charge in [-0.25, -0.2) is 4.68 Å². The number of aromatic nitrogens is 4. The average Bonchev–Trinajstić information content (AvgIpc) is 2.79. The molecule has 1 N–H and O–H groups in total. The molecule has 0 unspecified atom stereocenters. The van der Waals surface area contributed by atoms with Crippen LogP contribution in [0.3, 0.4) is 0 Å². The van der Waals surface area contributed by atoms with Crippen LogP contribution in [0.25, 0.3) is 0 Å². The van der Waals surface area contributed by atoms with Gasteiger partial charge in [0.15, 0.2) is 5.69 Å². The lowest BCUT2D eigenvalue weighted by Crippen LogP contribution is -2.11. The van der Waals surface area contributed by atoms with Crippen LogP contribution in [-0.2, 0) is 26.2 Å². The molecular weight excluding hydrogens is 299 g/mol. The molecule has 2 heterocycles. The van der Waals surface area contributed by atoms with Crippen LogP contribution in [0.2, 0.25) is 0 Å². The number of ether oxygens (including phenoxy) is 1. The topological polar surface area (TPSA) is 64.9 Å². The van der Waals surface area contributed by atoms with E-state index in [0.29, 0.717) is 18.8 Å². The lowest BCUT2D eigenvalue weighted by molar-refractivity contribution is -0.141. The van der Waals surface area contributed by atoms with Gasteiger partial charge in [0.25, 0.3) is 0 Å². The molecular formula is C13H16F3N5O. The molecule has 0 aliphatic rings. The Bertz CT molecular complexity index is 636. The van der Waals surface area contributed by atoms with Gasteiger partial charge in [-0.1, -0.05) is 6.92 Å². The van der Waals surface area contributed by atoms with E-state index in [4.69, 9.17) is 4.74 Å². The lowest BCUT2D eigenvalue weighted by Gasteiger charge is -2.09. The number of nitrogens with one attached hydrogen (secondary N) is 1. The Kier molecular flexibility index (Phi) is 4.53. The van der Waals surface area contributed by atoms with Crippen LogP contribution in [0.15, 0.2) is 12.1 Å². The second kappa shape index (κ2) is 6.20. The van der Waals surface area contributed by atoms with Gasteiger partial charge in [-0.2, -0.15) is 18.3 Å². The quantitative estimate of drug-likeness (QED) is 0.918. The fourth-order valence-electron chi connectivity index (χ4n) is 2.08. The molecule has 0 fully saturated rings. The largest absolute Gasteiger partial charge is 0.481 e. The highest BCUT2D eigenvalue weighted by Crippen LogP contribution is 2.27. The zero-order valence-electron chi connectivity index (χ0n) is 12.4. The van der Waals surface area contributed by atoms with Crippen molar-refractivity contribution in [2.24, 2.45) is 7.05 Å². The summed E-state index contributed by atoms with van der Waals surface area (Å²) in [4.78, 5) is 0. The molecule has 0 saturated carbocycles. The number of hydrogen-bond acceptors (Lipinski definition) is 5. The molecule has 2 aromatic rings. The summed E-state index contributed by atoms with van der Waals surface area (Å²) in [5, 5.41) is 13.9. The van der Waals surface area contributed by atoms with Gasteiger partial charge in [-0.3, -0.25) is 0 Å². The van der Waals surface area contributed by atoms with Crippen LogP contribution in [0.1, 0.15) is 23.9 Å². The maximum atomic E-state index is 12.4. The lowest BCUT2D eigenvalue weighted by atomic mass is 10.2. The maximum absolute atomic E-state index is 12.4. The van der Waals surface area contributed by atoms with Gasteiger partial charge in [0.05, 0.1) is 18.4 Å². The number of anilines is 1. The number of alkyl halides is 3. The van der Waals surface area contributed by atoms with E-state index in [0.717, 1.165) is 17.3 Å². The Labute approximate surface area is 125 Å². The second-order valence-electron chi connectivity index (χ2n) is 4.57. The minimum Gasteiger partial charge on any atom is -0.481 e. The van der Waals surface area contributed by atoms with Crippen molar-refractivity contribution in [3.63, 3.8) is 0 Å². The van der Waals surface area contributed by atoms with Crippen molar-refractivity contribution < 1.29 is 17.9 Å². The summed E-state index contributed by atoms with van der Waals surface area (Å²) in [5.41, 5.74) is 0.673. The summed E-state index contributed by atoms with van der Waals surface area (Å²) in [6, 6.07) is 2.13. The van der Waals surface area contributed by atoms with Crippen molar-refractivity contribution in [1.29, 1.82) is 0 Å². The van der Waals surface area contributed by atoms with Gasteiger partial charge in [-0.05, 0) is 18.6 Å². The third-order valence-electron chi connectivity index (χ3n) is 3.10. The Hall–Kier alpha value is -2.32. The van der Waals surface area contributed by atoms with E-state index in [1.807, 2.05) is 6.92 Å². The predicted octanol–water partition coefficient (Wildman–Crippen LogP) is 2.41. The van der Waals surface area contributed by atoms with Gasteiger partial charge in [-0.15, -0.1) is 10.2 Å². The molecule has 0 radical (unpaired) electrons. The zero-order valence-corrected chi connectivity index (χ0v) is 12.4. The number of aryl methyl sites for hydroxylation is 2. The molecule has 0 spiro atoms. The molecule has 0 bridgehead atoms. The number of methoxy groups -OCH3 is 1. The molecule has 6 nitrogen and oxygen atoms in total. The Morgan fingerprint density at radius 1 is 1.27 bits per heavy atom. The maximum Gasteiger partial charge on any atom is 0.435 e. The molecule has 0 saturated heterocycles. The van der Waals surface area contributed by atoms with E-state index in [9.17, 15) is 13.2 Å². The molecule has 120 valence electrons. The molecule has 22 heavy (non-hydrogen) atoms. The molecule has 0 aromatic carbocycles. The zero-order chi connectivity index (χ0) is 16.3. The molecule has 2 aromatic heterocycles. The predicted molar refractivity (Wildman–Crippen MR) is 73.5 cm³/mol. The van der Waals surface area contributed by atoms with Crippen LogP contribution in [0, 0.1) is 0 Å². The van der Waals surface area contributed by atoms with Crippen molar-refractivity contribution in [3.05, 3.63) is 29.1 Å². The first-order valence-electron chi connectivity index (χ1n) is 6.60. The average molecular weight is 315 g/mol. The SMILES string of the molecule is CCc1nn(C)c(OC)c1CNc1ccc(C(F)(F)F)nn1. The molecule has 0 amide bonds. The van der Waals surface area contributed by atoms with Crippen LogP contribution in [-0.4, -0.2) is 27.1 Å². The summed E-state index contributed by atoms with van der Waals surface area (Å²) in [6.45, 7) is 2.30. The van der Waals surface area contributed by atoms with Crippen LogP contribution >= 0.6 is 0 Å². The van der Waals surface area contributed by atoms with E-state index in [2.05, 4.69) is 20.6 Å². The van der Waals surface area contributed by atoms with Crippen molar-refractivity contribution in [1.82, 2.24) is 20.0 Å². The van der Waals surface area contributed by atoms with Crippen molar-refractivity contribution in [3.8, 4) is 5.88 Å². The fourth-order valence-corrected chi connectivity index (χ4v) is 2.08. The number of rotatable bonds is 5. The van der Waals surface area contributed by atoms with Gasteiger partial charge >= 0.3 is 6.18 Å².